The molecular weight excluding hydrogens is 460 g/mol. The Labute approximate surface area is 118 Å². The smallest absolute Gasteiger partial charge is 0.216 e. The van der Waals surface area contributed by atoms with Crippen LogP contribution in [-0.4, -0.2) is 33.4 Å². The zero-order valence-electron chi connectivity index (χ0n) is 8.29. The highest BCUT2D eigenvalue weighted by molar-refractivity contribution is 9.12. The van der Waals surface area contributed by atoms with Gasteiger partial charge in [0.25, 0.3) is 0 Å². The first-order chi connectivity index (χ1) is 8.25. The maximum atomic E-state index is 13.0. The summed E-state index contributed by atoms with van der Waals surface area (Å²) in [6.07, 6.45) is -7.23. The predicted octanol–water partition coefficient (Wildman–Crippen LogP) is 5.50. The van der Waals surface area contributed by atoms with E-state index in [1.54, 1.807) is 0 Å². The van der Waals surface area contributed by atoms with Crippen molar-refractivity contribution in [3.8, 4) is 0 Å². The lowest BCUT2D eigenvalue weighted by atomic mass is 10.00. The normalized spacial score (nSPS) is 18.9. The van der Waals surface area contributed by atoms with Gasteiger partial charge in [-0.15, -0.1) is 0 Å². The molecule has 20 heavy (non-hydrogen) atoms. The van der Waals surface area contributed by atoms with Crippen molar-refractivity contribution in [3.63, 3.8) is 0 Å². The van der Waals surface area contributed by atoms with Crippen molar-refractivity contribution in [2.24, 2.45) is 0 Å². The quantitative estimate of drug-likeness (QED) is 0.384. The lowest BCUT2D eigenvalue weighted by molar-refractivity contribution is -0.409. The van der Waals surface area contributed by atoms with Gasteiger partial charge in [0.2, 0.25) is 0 Å². The summed E-state index contributed by atoms with van der Waals surface area (Å²) in [7, 11) is 0. The maximum absolute atomic E-state index is 13.0. The van der Waals surface area contributed by atoms with Gasteiger partial charge in [-0.2, -0.15) is 48.3 Å². The van der Waals surface area contributed by atoms with E-state index in [2.05, 4.69) is 0 Å². The van der Waals surface area contributed by atoms with Crippen LogP contribution in [0.4, 0.5) is 52.7 Å². The molecule has 0 aliphatic carbocycles. The van der Waals surface area contributed by atoms with E-state index in [0.29, 0.717) is 0 Å². The Kier molecular flexibility index (Phi) is 4.84. The van der Waals surface area contributed by atoms with E-state index in [9.17, 15) is 52.7 Å². The average molecular weight is 460 g/mol. The molecule has 1 atom stereocenters. The van der Waals surface area contributed by atoms with Crippen LogP contribution in [0.5, 0.6) is 0 Å². The van der Waals surface area contributed by atoms with Gasteiger partial charge in [-0.25, -0.2) is 4.39 Å². The van der Waals surface area contributed by atoms with Gasteiger partial charge in [0.1, 0.15) is 0 Å². The Balaban J connectivity index is 6.08. The summed E-state index contributed by atoms with van der Waals surface area (Å²) in [6, 6.07) is 0. The Morgan fingerprint density at radius 2 is 0.750 bits per heavy atom. The van der Waals surface area contributed by atoms with Gasteiger partial charge < -0.3 is 0 Å². The zero-order valence-corrected chi connectivity index (χ0v) is 11.5. The molecule has 0 nitrogen and oxygen atoms in total. The maximum Gasteiger partial charge on any atom is 0.460 e. The third-order valence-corrected chi connectivity index (χ3v) is 3.97. The van der Waals surface area contributed by atoms with Crippen molar-refractivity contribution >= 4 is 31.9 Å². The molecule has 0 aromatic rings. The monoisotopic (exact) mass is 458 g/mol. The van der Waals surface area contributed by atoms with Crippen molar-refractivity contribution in [1.29, 1.82) is 0 Å². The summed E-state index contributed by atoms with van der Waals surface area (Å²) in [5, 5.41) is 0. The molecule has 14 heteroatoms. The molecule has 0 aliphatic rings. The van der Waals surface area contributed by atoms with Crippen molar-refractivity contribution < 1.29 is 52.7 Å². The molecule has 0 saturated heterocycles. The number of rotatable bonds is 4. The molecule has 0 N–H and O–H groups in total. The molecule has 122 valence electrons. The number of hydrogen-bond acceptors (Lipinski definition) is 0. The van der Waals surface area contributed by atoms with Crippen LogP contribution >= 0.6 is 31.9 Å². The minimum atomic E-state index is -7.51. The van der Waals surface area contributed by atoms with E-state index < -0.39 is 33.4 Å². The molecule has 0 rings (SSSR count). The fourth-order valence-electron chi connectivity index (χ4n) is 0.750. The number of halogens is 14. The van der Waals surface area contributed by atoms with Crippen LogP contribution in [0.25, 0.3) is 0 Å². The van der Waals surface area contributed by atoms with E-state index in [1.807, 2.05) is 0 Å². The minimum absolute atomic E-state index is 0.725. The van der Waals surface area contributed by atoms with Crippen LogP contribution in [0.1, 0.15) is 0 Å². The summed E-state index contributed by atoms with van der Waals surface area (Å²) in [5.41, 5.74) is 0. The first-order valence-corrected chi connectivity index (χ1v) is 5.48. The second kappa shape index (κ2) is 4.81. The van der Waals surface area contributed by atoms with Crippen LogP contribution in [0.3, 0.4) is 0 Å². The highest BCUT2D eigenvalue weighted by Crippen LogP contribution is 2.62. The van der Waals surface area contributed by atoms with E-state index in [1.165, 1.54) is 0 Å². The van der Waals surface area contributed by atoms with Gasteiger partial charge in [-0.3, -0.25) is 0 Å². The number of alkyl halides is 14. The molecule has 0 aromatic heterocycles. The largest absolute Gasteiger partial charge is 0.460 e. The molecule has 1 unspecified atom stereocenters. The summed E-state index contributed by atoms with van der Waals surface area (Å²) >= 11 is 1.58. The lowest BCUT2D eigenvalue weighted by Gasteiger charge is -2.39. The van der Waals surface area contributed by atoms with Crippen molar-refractivity contribution in [3.05, 3.63) is 0 Å². The standard InChI is InChI=1S/C6Br2F12/c7-1(9,5(8,16)17)2(10,11)3(12,13)4(14,15)6(18,19)20. The first kappa shape index (κ1) is 20.1. The van der Waals surface area contributed by atoms with Crippen molar-refractivity contribution in [2.75, 3.05) is 0 Å². The molecule has 0 bridgehead atoms. The summed E-state index contributed by atoms with van der Waals surface area (Å²) in [4.78, 5) is -5.59. The van der Waals surface area contributed by atoms with Gasteiger partial charge in [-0.1, -0.05) is 0 Å². The summed E-state index contributed by atoms with van der Waals surface area (Å²) in [6.45, 7) is 0. The Bertz CT molecular complexity index is 327. The van der Waals surface area contributed by atoms with Crippen LogP contribution in [0.2, 0.25) is 0 Å². The summed E-state index contributed by atoms with van der Waals surface area (Å²) in [5.74, 6) is -22.1. The Morgan fingerprint density at radius 1 is 0.450 bits per heavy atom. The molecule has 0 spiro atoms. The van der Waals surface area contributed by atoms with E-state index >= 15 is 0 Å². The van der Waals surface area contributed by atoms with E-state index in [4.69, 9.17) is 0 Å². The SMILES string of the molecule is FC(F)(F)C(F)(F)C(F)(F)C(F)(F)C(F)(Br)C(F)(F)Br. The van der Waals surface area contributed by atoms with Crippen LogP contribution in [0, 0.1) is 0 Å². The highest BCUT2D eigenvalue weighted by Gasteiger charge is 2.89. The second-order valence-corrected chi connectivity index (χ2v) is 5.38. The second-order valence-electron chi connectivity index (χ2n) is 3.29. The van der Waals surface area contributed by atoms with E-state index in [0.717, 1.165) is 31.9 Å². The molecule has 0 saturated carbocycles. The van der Waals surface area contributed by atoms with Gasteiger partial charge in [-0.05, 0) is 31.9 Å². The van der Waals surface area contributed by atoms with Crippen molar-refractivity contribution in [2.45, 2.75) is 33.4 Å². The molecule has 0 aromatic carbocycles. The molecular formula is C6Br2F12. The lowest BCUT2D eigenvalue weighted by Crippen LogP contribution is -2.68. The molecule has 0 radical (unpaired) electrons. The van der Waals surface area contributed by atoms with Crippen LogP contribution < -0.4 is 0 Å². The Hall–Kier alpha value is 0.120. The van der Waals surface area contributed by atoms with Crippen molar-refractivity contribution in [1.82, 2.24) is 0 Å². The average Bonchev–Trinajstić information content (AvgIpc) is 2.12. The van der Waals surface area contributed by atoms with Gasteiger partial charge in [0, 0.05) is 0 Å². The van der Waals surface area contributed by atoms with Gasteiger partial charge in [0.15, 0.2) is 0 Å². The summed E-state index contributed by atoms with van der Waals surface area (Å²) < 4.78 is 142. The van der Waals surface area contributed by atoms with Crippen LogP contribution in [-0.2, 0) is 0 Å². The third kappa shape index (κ3) is 2.61. The van der Waals surface area contributed by atoms with Gasteiger partial charge >= 0.3 is 33.4 Å². The first-order valence-electron chi connectivity index (χ1n) is 3.90. The molecule has 0 aliphatic heterocycles. The third-order valence-electron chi connectivity index (χ3n) is 1.90. The van der Waals surface area contributed by atoms with Crippen LogP contribution in [0.15, 0.2) is 0 Å². The fraction of sp³-hybridized carbons (Fsp3) is 1.00. The molecule has 0 heterocycles. The van der Waals surface area contributed by atoms with E-state index in [-0.39, 0.29) is 0 Å². The Morgan fingerprint density at radius 3 is 0.950 bits per heavy atom. The fourth-order valence-corrected chi connectivity index (χ4v) is 1.25. The van der Waals surface area contributed by atoms with Gasteiger partial charge in [0.05, 0.1) is 0 Å². The molecule has 0 fully saturated rings. The molecule has 0 amide bonds. The predicted molar refractivity (Wildman–Crippen MR) is 47.5 cm³/mol. The topological polar surface area (TPSA) is 0 Å². The highest BCUT2D eigenvalue weighted by atomic mass is 79.9. The minimum Gasteiger partial charge on any atom is -0.216 e. The number of hydrogen-bond donors (Lipinski definition) is 0. The zero-order chi connectivity index (χ0) is 17.0.